The van der Waals surface area contributed by atoms with Crippen molar-refractivity contribution in [3.05, 3.63) is 40.9 Å². The highest BCUT2D eigenvalue weighted by Gasteiger charge is 2.34. The Kier molecular flexibility index (Phi) is 4.68. The fourth-order valence-electron chi connectivity index (χ4n) is 3.86. The molecule has 10 nitrogen and oxygen atoms in total. The standard InChI is InChI=1S/C18H21ClN6O4S/c19-13-1-2-14-12(9-13)10-16(21-14)30(27,28)24-7-5-23(6-8-24)18(26)25-4-3-15-17(22-25)29-11-20-15/h1-2,9-10,20-22H,3-8,11H2. The lowest BCUT2D eigenvalue weighted by Crippen LogP contribution is -2.57. The molecule has 0 aliphatic carbocycles. The number of sulfonamides is 1. The number of nitrogens with one attached hydrogen (secondary N) is 3. The number of hydrogen-bond donors (Lipinski definition) is 3. The first-order valence-corrected chi connectivity index (χ1v) is 11.4. The minimum absolute atomic E-state index is 0.127. The number of hydrogen-bond acceptors (Lipinski definition) is 6. The summed E-state index contributed by atoms with van der Waals surface area (Å²) in [4.78, 5) is 17.4. The number of fused-ring (bicyclic) bond motifs is 1. The predicted octanol–water partition coefficient (Wildman–Crippen LogP) is 1.20. The van der Waals surface area contributed by atoms with Crippen molar-refractivity contribution in [1.29, 1.82) is 0 Å². The molecule has 12 heteroatoms. The summed E-state index contributed by atoms with van der Waals surface area (Å²) >= 11 is 6.00. The van der Waals surface area contributed by atoms with Gasteiger partial charge in [-0.1, -0.05) is 11.6 Å². The first-order valence-electron chi connectivity index (χ1n) is 9.63. The molecule has 0 bridgehead atoms. The summed E-state index contributed by atoms with van der Waals surface area (Å²) in [5, 5.41) is 6.03. The van der Waals surface area contributed by atoms with E-state index in [2.05, 4.69) is 15.7 Å². The number of ether oxygens (including phenoxy) is 1. The number of urea groups is 1. The second-order valence-corrected chi connectivity index (χ2v) is 9.67. The molecule has 0 spiro atoms. The van der Waals surface area contributed by atoms with Crippen molar-refractivity contribution >= 4 is 38.6 Å². The number of carbonyl (C=O) groups is 1. The number of carbonyl (C=O) groups excluding carboxylic acids is 1. The van der Waals surface area contributed by atoms with Crippen molar-refractivity contribution in [2.75, 3.05) is 39.5 Å². The molecule has 3 aliphatic heterocycles. The number of rotatable bonds is 2. The number of hydrazine groups is 1. The average Bonchev–Trinajstić information content (AvgIpc) is 3.39. The maximum Gasteiger partial charge on any atom is 0.338 e. The summed E-state index contributed by atoms with van der Waals surface area (Å²) in [7, 11) is -3.69. The van der Waals surface area contributed by atoms with Gasteiger partial charge in [0.15, 0.2) is 6.73 Å². The highest BCUT2D eigenvalue weighted by Crippen LogP contribution is 2.25. The van der Waals surface area contributed by atoms with Gasteiger partial charge in [-0.3, -0.25) is 5.43 Å². The highest BCUT2D eigenvalue weighted by atomic mass is 35.5. The zero-order valence-electron chi connectivity index (χ0n) is 16.0. The molecule has 3 N–H and O–H groups in total. The van der Waals surface area contributed by atoms with Gasteiger partial charge in [-0.15, -0.1) is 0 Å². The molecule has 160 valence electrons. The quantitative estimate of drug-likeness (QED) is 0.631. The molecular weight excluding hydrogens is 432 g/mol. The fourth-order valence-corrected chi connectivity index (χ4v) is 5.47. The molecule has 2 aromatic rings. The highest BCUT2D eigenvalue weighted by molar-refractivity contribution is 7.89. The number of piperazine rings is 1. The van der Waals surface area contributed by atoms with Crippen LogP contribution in [0.1, 0.15) is 6.42 Å². The molecule has 5 rings (SSSR count). The van der Waals surface area contributed by atoms with Crippen LogP contribution < -0.4 is 10.7 Å². The third-order valence-electron chi connectivity index (χ3n) is 5.51. The summed E-state index contributed by atoms with van der Waals surface area (Å²) in [6.07, 6.45) is 0.687. The molecule has 0 radical (unpaired) electrons. The van der Waals surface area contributed by atoms with Gasteiger partial charge in [-0.2, -0.15) is 4.31 Å². The van der Waals surface area contributed by atoms with Gasteiger partial charge in [0.25, 0.3) is 10.0 Å². The summed E-state index contributed by atoms with van der Waals surface area (Å²) in [5.74, 6) is 0.578. The number of aromatic amines is 1. The molecule has 1 aromatic heterocycles. The lowest BCUT2D eigenvalue weighted by molar-refractivity contribution is 0.0948. The van der Waals surface area contributed by atoms with Crippen molar-refractivity contribution in [3.63, 3.8) is 0 Å². The lowest BCUT2D eigenvalue weighted by atomic mass is 10.2. The maximum atomic E-state index is 13.1. The average molecular weight is 453 g/mol. The lowest BCUT2D eigenvalue weighted by Gasteiger charge is -2.37. The molecule has 0 unspecified atom stereocenters. The van der Waals surface area contributed by atoms with E-state index in [1.54, 1.807) is 29.2 Å². The Labute approximate surface area is 178 Å². The molecule has 4 heterocycles. The number of aromatic nitrogens is 1. The minimum atomic E-state index is -3.69. The second-order valence-electron chi connectivity index (χ2n) is 7.33. The molecular formula is C18H21ClN6O4S. The Morgan fingerprint density at radius 3 is 2.70 bits per heavy atom. The Morgan fingerprint density at radius 2 is 1.90 bits per heavy atom. The molecule has 1 fully saturated rings. The summed E-state index contributed by atoms with van der Waals surface area (Å²) in [6, 6.07) is 6.59. The van der Waals surface area contributed by atoms with E-state index < -0.39 is 10.0 Å². The van der Waals surface area contributed by atoms with E-state index in [4.69, 9.17) is 16.3 Å². The van der Waals surface area contributed by atoms with Crippen LogP contribution in [-0.4, -0.2) is 73.1 Å². The molecule has 1 aromatic carbocycles. The zero-order valence-corrected chi connectivity index (χ0v) is 17.6. The summed E-state index contributed by atoms with van der Waals surface area (Å²) in [5.41, 5.74) is 4.66. The fraction of sp³-hybridized carbons (Fsp3) is 0.389. The minimum Gasteiger partial charge on any atom is -0.456 e. The van der Waals surface area contributed by atoms with E-state index in [9.17, 15) is 13.2 Å². The van der Waals surface area contributed by atoms with Gasteiger partial charge >= 0.3 is 6.03 Å². The monoisotopic (exact) mass is 452 g/mol. The van der Waals surface area contributed by atoms with Gasteiger partial charge in [0.1, 0.15) is 5.03 Å². The summed E-state index contributed by atoms with van der Waals surface area (Å²) in [6.45, 7) is 2.00. The van der Waals surface area contributed by atoms with Crippen LogP contribution in [0.4, 0.5) is 4.79 Å². The zero-order chi connectivity index (χ0) is 20.9. The van der Waals surface area contributed by atoms with Crippen LogP contribution in [0.25, 0.3) is 10.9 Å². The van der Waals surface area contributed by atoms with E-state index >= 15 is 0 Å². The number of amides is 2. The van der Waals surface area contributed by atoms with Crippen molar-refractivity contribution in [1.82, 2.24) is 29.9 Å². The maximum absolute atomic E-state index is 13.1. The van der Waals surface area contributed by atoms with Crippen LogP contribution in [-0.2, 0) is 14.8 Å². The number of nitrogens with zero attached hydrogens (tertiary/aromatic N) is 3. The van der Waals surface area contributed by atoms with E-state index in [1.807, 2.05) is 0 Å². The molecule has 0 atom stereocenters. The molecule has 1 saturated heterocycles. The third kappa shape index (κ3) is 3.32. The van der Waals surface area contributed by atoms with Gasteiger partial charge in [0, 0.05) is 55.1 Å². The van der Waals surface area contributed by atoms with Gasteiger partial charge in [0.2, 0.25) is 5.88 Å². The van der Waals surface area contributed by atoms with E-state index in [-0.39, 0.29) is 24.1 Å². The SMILES string of the molecule is O=C(N1CCN(S(=O)(=O)c2cc3cc(Cl)ccc3[nH]2)CC1)N1CCC2=C(N1)OCN2. The Morgan fingerprint density at radius 1 is 1.10 bits per heavy atom. The first-order chi connectivity index (χ1) is 14.4. The van der Waals surface area contributed by atoms with Crippen LogP contribution in [0.3, 0.4) is 0 Å². The van der Waals surface area contributed by atoms with Crippen LogP contribution in [0.5, 0.6) is 0 Å². The van der Waals surface area contributed by atoms with Crippen LogP contribution in [0.2, 0.25) is 5.02 Å². The number of H-pyrrole nitrogens is 1. The van der Waals surface area contributed by atoms with Gasteiger partial charge in [-0.25, -0.2) is 18.2 Å². The van der Waals surface area contributed by atoms with Crippen LogP contribution >= 0.6 is 11.6 Å². The first kappa shape index (κ1) is 19.3. The van der Waals surface area contributed by atoms with Crippen LogP contribution in [0, 0.1) is 0 Å². The molecule has 0 saturated carbocycles. The van der Waals surface area contributed by atoms with Gasteiger partial charge < -0.3 is 19.9 Å². The van der Waals surface area contributed by atoms with E-state index in [0.29, 0.717) is 49.2 Å². The second kappa shape index (κ2) is 7.25. The molecule has 3 aliphatic rings. The summed E-state index contributed by atoms with van der Waals surface area (Å²) < 4.78 is 32.9. The topological polar surface area (TPSA) is 110 Å². The Bertz CT molecular complexity index is 1140. The number of benzene rings is 1. The van der Waals surface area contributed by atoms with E-state index in [0.717, 1.165) is 11.1 Å². The third-order valence-corrected chi connectivity index (χ3v) is 7.57. The van der Waals surface area contributed by atoms with Crippen molar-refractivity contribution in [3.8, 4) is 0 Å². The smallest absolute Gasteiger partial charge is 0.338 e. The molecule has 30 heavy (non-hydrogen) atoms. The number of halogens is 1. The van der Waals surface area contributed by atoms with Crippen molar-refractivity contribution in [2.24, 2.45) is 0 Å². The predicted molar refractivity (Wildman–Crippen MR) is 110 cm³/mol. The van der Waals surface area contributed by atoms with Crippen molar-refractivity contribution in [2.45, 2.75) is 11.4 Å². The van der Waals surface area contributed by atoms with E-state index in [1.165, 1.54) is 9.31 Å². The van der Waals surface area contributed by atoms with Gasteiger partial charge in [-0.05, 0) is 24.3 Å². The Hall–Kier alpha value is -2.63. The Balaban J connectivity index is 1.25. The van der Waals surface area contributed by atoms with Gasteiger partial charge in [0.05, 0.1) is 5.70 Å². The van der Waals surface area contributed by atoms with Crippen LogP contribution in [0.15, 0.2) is 40.9 Å². The normalized spacial score (nSPS) is 20.0. The van der Waals surface area contributed by atoms with Crippen molar-refractivity contribution < 1.29 is 17.9 Å². The molecule has 2 amide bonds. The largest absolute Gasteiger partial charge is 0.456 e.